The lowest BCUT2D eigenvalue weighted by molar-refractivity contribution is -0.133. The van der Waals surface area contributed by atoms with Crippen molar-refractivity contribution in [2.24, 2.45) is 0 Å². The number of imidazole rings is 1. The summed E-state index contributed by atoms with van der Waals surface area (Å²) in [5, 5.41) is 9.35. The van der Waals surface area contributed by atoms with E-state index in [2.05, 4.69) is 20.9 Å². The first-order chi connectivity index (χ1) is 9.11. The number of carbonyl (C=O) groups is 1. The number of benzene rings is 1. The SMILES string of the molecule is COc1ccc(Br)c(-n2ccnc2SCC(=O)O)c1. The highest BCUT2D eigenvalue weighted by atomic mass is 79.9. The number of halogens is 1. The lowest BCUT2D eigenvalue weighted by Gasteiger charge is -2.10. The van der Waals surface area contributed by atoms with E-state index < -0.39 is 5.97 Å². The minimum atomic E-state index is -0.871. The van der Waals surface area contributed by atoms with Crippen LogP contribution < -0.4 is 4.74 Å². The summed E-state index contributed by atoms with van der Waals surface area (Å²) in [5.41, 5.74) is 0.852. The first-order valence-electron chi connectivity index (χ1n) is 5.33. The molecule has 2 aromatic rings. The van der Waals surface area contributed by atoms with Gasteiger partial charge >= 0.3 is 5.97 Å². The van der Waals surface area contributed by atoms with Gasteiger partial charge in [-0.25, -0.2) is 4.98 Å². The van der Waals surface area contributed by atoms with Crippen LogP contribution in [-0.4, -0.2) is 33.5 Å². The molecule has 0 unspecified atom stereocenters. The first-order valence-corrected chi connectivity index (χ1v) is 7.11. The molecule has 1 aromatic heterocycles. The van der Waals surface area contributed by atoms with Crippen LogP contribution in [0.3, 0.4) is 0 Å². The van der Waals surface area contributed by atoms with Crippen molar-refractivity contribution in [3.8, 4) is 11.4 Å². The van der Waals surface area contributed by atoms with Crippen molar-refractivity contribution in [2.45, 2.75) is 5.16 Å². The van der Waals surface area contributed by atoms with Gasteiger partial charge in [-0.2, -0.15) is 0 Å². The summed E-state index contributed by atoms with van der Waals surface area (Å²) in [5.74, 6) is -0.177. The van der Waals surface area contributed by atoms with Crippen LogP contribution in [-0.2, 0) is 4.79 Å². The maximum atomic E-state index is 10.6. The average Bonchev–Trinajstić information content (AvgIpc) is 2.85. The summed E-state index contributed by atoms with van der Waals surface area (Å²) >= 11 is 4.63. The molecule has 0 amide bonds. The van der Waals surface area contributed by atoms with Crippen molar-refractivity contribution in [3.05, 3.63) is 35.1 Å². The van der Waals surface area contributed by atoms with Crippen molar-refractivity contribution >= 4 is 33.7 Å². The predicted octanol–water partition coefficient (Wildman–Crippen LogP) is 2.82. The highest BCUT2D eigenvalue weighted by molar-refractivity contribution is 9.10. The maximum absolute atomic E-state index is 10.6. The van der Waals surface area contributed by atoms with Crippen molar-refractivity contribution in [3.63, 3.8) is 0 Å². The summed E-state index contributed by atoms with van der Waals surface area (Å²) in [6.07, 6.45) is 3.42. The van der Waals surface area contributed by atoms with E-state index in [0.29, 0.717) is 5.16 Å². The van der Waals surface area contributed by atoms with Gasteiger partial charge in [-0.05, 0) is 28.1 Å². The Labute approximate surface area is 122 Å². The average molecular weight is 343 g/mol. The minimum Gasteiger partial charge on any atom is -0.497 e. The third-order valence-electron chi connectivity index (χ3n) is 2.34. The lowest BCUT2D eigenvalue weighted by atomic mass is 10.3. The second kappa shape index (κ2) is 6.12. The topological polar surface area (TPSA) is 64.4 Å². The van der Waals surface area contributed by atoms with Gasteiger partial charge in [0.25, 0.3) is 0 Å². The van der Waals surface area contributed by atoms with Gasteiger partial charge in [0.2, 0.25) is 0 Å². The number of hydrogen-bond donors (Lipinski definition) is 1. The summed E-state index contributed by atoms with van der Waals surface area (Å²) < 4.78 is 7.89. The van der Waals surface area contributed by atoms with Gasteiger partial charge < -0.3 is 9.84 Å². The van der Waals surface area contributed by atoms with Gasteiger partial charge in [0.05, 0.1) is 18.6 Å². The zero-order valence-corrected chi connectivity index (χ0v) is 12.4. The standard InChI is InChI=1S/C12H11BrN2O3S/c1-18-8-2-3-9(13)10(6-8)15-5-4-14-12(15)19-7-11(16)17/h2-6H,7H2,1H3,(H,16,17). The normalized spacial score (nSPS) is 10.4. The fourth-order valence-corrected chi connectivity index (χ4v) is 2.63. The van der Waals surface area contributed by atoms with Crippen LogP contribution in [0.4, 0.5) is 0 Å². The fourth-order valence-electron chi connectivity index (χ4n) is 1.51. The molecule has 0 aliphatic rings. The van der Waals surface area contributed by atoms with Gasteiger partial charge in [-0.15, -0.1) is 0 Å². The number of carboxylic acids is 1. The molecule has 5 nitrogen and oxygen atoms in total. The van der Waals surface area contributed by atoms with Crippen molar-refractivity contribution < 1.29 is 14.6 Å². The molecule has 0 saturated heterocycles. The van der Waals surface area contributed by atoms with E-state index in [1.165, 1.54) is 11.8 Å². The van der Waals surface area contributed by atoms with Gasteiger partial charge in [-0.3, -0.25) is 9.36 Å². The van der Waals surface area contributed by atoms with E-state index in [-0.39, 0.29) is 5.75 Å². The summed E-state index contributed by atoms with van der Waals surface area (Å²) in [6, 6.07) is 5.57. The second-order valence-electron chi connectivity index (χ2n) is 3.58. The molecule has 0 spiro atoms. The predicted molar refractivity (Wildman–Crippen MR) is 76.2 cm³/mol. The fraction of sp³-hybridized carbons (Fsp3) is 0.167. The van der Waals surface area contributed by atoms with Crippen molar-refractivity contribution in [2.75, 3.05) is 12.9 Å². The Morgan fingerprint density at radius 3 is 3.05 bits per heavy atom. The summed E-state index contributed by atoms with van der Waals surface area (Å²) in [6.45, 7) is 0. The van der Waals surface area contributed by atoms with Gasteiger partial charge in [0.1, 0.15) is 5.75 Å². The molecule has 100 valence electrons. The van der Waals surface area contributed by atoms with E-state index in [4.69, 9.17) is 9.84 Å². The molecule has 19 heavy (non-hydrogen) atoms. The quantitative estimate of drug-likeness (QED) is 0.846. The molecule has 0 fully saturated rings. The molecule has 0 aliphatic carbocycles. The van der Waals surface area contributed by atoms with Gasteiger partial charge in [0, 0.05) is 22.9 Å². The molecule has 1 aromatic carbocycles. The Morgan fingerprint density at radius 1 is 1.58 bits per heavy atom. The summed E-state index contributed by atoms with van der Waals surface area (Å²) in [7, 11) is 1.60. The Hall–Kier alpha value is -1.47. The Balaban J connectivity index is 2.36. The largest absolute Gasteiger partial charge is 0.497 e. The molecule has 2 rings (SSSR count). The van der Waals surface area contributed by atoms with Crippen LogP contribution in [0, 0.1) is 0 Å². The number of aromatic nitrogens is 2. The number of rotatable bonds is 5. The van der Waals surface area contributed by atoms with Crippen molar-refractivity contribution in [1.29, 1.82) is 0 Å². The Morgan fingerprint density at radius 2 is 2.37 bits per heavy atom. The molecular formula is C12H11BrN2O3S. The number of aliphatic carboxylic acids is 1. The smallest absolute Gasteiger partial charge is 0.313 e. The third-order valence-corrected chi connectivity index (χ3v) is 3.97. The highest BCUT2D eigenvalue weighted by Crippen LogP contribution is 2.29. The summed E-state index contributed by atoms with van der Waals surface area (Å²) in [4.78, 5) is 14.8. The van der Waals surface area contributed by atoms with E-state index >= 15 is 0 Å². The monoisotopic (exact) mass is 342 g/mol. The van der Waals surface area contributed by atoms with Crippen LogP contribution in [0.15, 0.2) is 40.2 Å². The molecule has 7 heteroatoms. The van der Waals surface area contributed by atoms with Gasteiger partial charge in [0.15, 0.2) is 5.16 Å². The molecule has 0 aliphatic heterocycles. The Bertz CT molecular complexity index is 600. The molecule has 0 saturated carbocycles. The maximum Gasteiger partial charge on any atom is 0.313 e. The number of hydrogen-bond acceptors (Lipinski definition) is 4. The highest BCUT2D eigenvalue weighted by Gasteiger charge is 2.11. The minimum absolute atomic E-state index is 0.0292. The van der Waals surface area contributed by atoms with Crippen LogP contribution >= 0.6 is 27.7 Å². The molecule has 1 N–H and O–H groups in total. The number of ether oxygens (including phenoxy) is 1. The van der Waals surface area contributed by atoms with Crippen LogP contribution in [0.5, 0.6) is 5.75 Å². The van der Waals surface area contributed by atoms with Gasteiger partial charge in [-0.1, -0.05) is 11.8 Å². The lowest BCUT2D eigenvalue weighted by Crippen LogP contribution is -2.02. The first kappa shape index (κ1) is 14.0. The van der Waals surface area contributed by atoms with E-state index in [1.54, 1.807) is 19.5 Å². The van der Waals surface area contributed by atoms with E-state index in [9.17, 15) is 4.79 Å². The number of carboxylic acid groups (broad SMARTS) is 1. The second-order valence-corrected chi connectivity index (χ2v) is 5.38. The molecule has 0 radical (unpaired) electrons. The molecule has 0 atom stereocenters. The Kier molecular flexibility index (Phi) is 4.49. The van der Waals surface area contributed by atoms with E-state index in [0.717, 1.165) is 15.9 Å². The van der Waals surface area contributed by atoms with Crippen LogP contribution in [0.2, 0.25) is 0 Å². The zero-order chi connectivity index (χ0) is 13.8. The molecule has 1 heterocycles. The van der Waals surface area contributed by atoms with E-state index in [1.807, 2.05) is 22.8 Å². The number of nitrogens with zero attached hydrogens (tertiary/aromatic N) is 2. The number of methoxy groups -OCH3 is 1. The number of thioether (sulfide) groups is 1. The van der Waals surface area contributed by atoms with Crippen LogP contribution in [0.25, 0.3) is 5.69 Å². The van der Waals surface area contributed by atoms with Crippen LogP contribution in [0.1, 0.15) is 0 Å². The molecule has 0 bridgehead atoms. The third kappa shape index (κ3) is 3.30. The zero-order valence-electron chi connectivity index (χ0n) is 10.0. The molecular weight excluding hydrogens is 332 g/mol. The van der Waals surface area contributed by atoms with Crippen molar-refractivity contribution in [1.82, 2.24) is 9.55 Å².